The van der Waals surface area contributed by atoms with Crippen LogP contribution in [0.15, 0.2) is 28.7 Å². The third-order valence-corrected chi connectivity index (χ3v) is 4.46. The Balaban J connectivity index is 2.91. The van der Waals surface area contributed by atoms with E-state index in [1.54, 1.807) is 58.9 Å². The quantitative estimate of drug-likeness (QED) is 0.525. The second kappa shape index (κ2) is 11.3. The third-order valence-electron chi connectivity index (χ3n) is 3.93. The summed E-state index contributed by atoms with van der Waals surface area (Å²) in [6.07, 6.45) is -1.40. The van der Waals surface area contributed by atoms with E-state index in [1.807, 2.05) is 13.8 Å². The normalized spacial score (nSPS) is 12.5. The van der Waals surface area contributed by atoms with Crippen molar-refractivity contribution in [2.45, 2.75) is 72.6 Å². The molecule has 0 bridgehead atoms. The molecule has 2 amide bonds. The Morgan fingerprint density at radius 2 is 1.63 bits per heavy atom. The van der Waals surface area contributed by atoms with E-state index < -0.39 is 29.7 Å². The van der Waals surface area contributed by atoms with Gasteiger partial charge in [0, 0.05) is 16.2 Å². The zero-order valence-corrected chi connectivity index (χ0v) is 20.4. The molecule has 0 aliphatic heterocycles. The van der Waals surface area contributed by atoms with E-state index in [2.05, 4.69) is 21.2 Å². The van der Waals surface area contributed by atoms with Gasteiger partial charge in [0.05, 0.1) is 0 Å². The lowest BCUT2D eigenvalue weighted by molar-refractivity contribution is -0.161. The molecule has 168 valence electrons. The predicted molar refractivity (Wildman–Crippen MR) is 120 cm³/mol. The minimum atomic E-state index is -1.01. The van der Waals surface area contributed by atoms with Gasteiger partial charge in [-0.3, -0.25) is 14.9 Å². The van der Waals surface area contributed by atoms with E-state index in [0.717, 1.165) is 4.47 Å². The Kier molecular flexibility index (Phi) is 9.81. The van der Waals surface area contributed by atoms with Gasteiger partial charge in [0.15, 0.2) is 6.10 Å². The average Bonchev–Trinajstić information content (AvgIpc) is 2.58. The van der Waals surface area contributed by atoms with E-state index >= 15 is 0 Å². The summed E-state index contributed by atoms with van der Waals surface area (Å²) in [5.41, 5.74) is -0.102. The van der Waals surface area contributed by atoms with Crippen LogP contribution in [0.5, 0.6) is 0 Å². The van der Waals surface area contributed by atoms with Gasteiger partial charge in [0.1, 0.15) is 12.1 Å². The van der Waals surface area contributed by atoms with Gasteiger partial charge in [-0.15, -0.1) is 0 Å². The molecule has 30 heavy (non-hydrogen) atoms. The second-order valence-electron chi connectivity index (χ2n) is 8.80. The van der Waals surface area contributed by atoms with Crippen LogP contribution >= 0.6 is 15.9 Å². The SMILES string of the molecule is CC(C)CC(OC(=O)Nc1ccc(Br)cc1)C(=O)N(CC(=O)OC(C)(C)C)C(C)C. The molecule has 0 saturated carbocycles. The Morgan fingerprint density at radius 3 is 2.10 bits per heavy atom. The number of amides is 2. The number of nitrogens with zero attached hydrogens (tertiary/aromatic N) is 1. The highest BCUT2D eigenvalue weighted by molar-refractivity contribution is 9.10. The van der Waals surface area contributed by atoms with Crippen LogP contribution in [0, 0.1) is 5.92 Å². The Hall–Kier alpha value is -2.09. The van der Waals surface area contributed by atoms with Gasteiger partial charge in [-0.25, -0.2) is 4.79 Å². The lowest BCUT2D eigenvalue weighted by Gasteiger charge is -2.31. The number of halogens is 1. The van der Waals surface area contributed by atoms with Crippen molar-refractivity contribution < 1.29 is 23.9 Å². The first kappa shape index (κ1) is 25.9. The molecule has 7 nitrogen and oxygen atoms in total. The summed E-state index contributed by atoms with van der Waals surface area (Å²) in [6, 6.07) is 6.74. The molecule has 1 rings (SSSR count). The molecule has 0 fully saturated rings. The molecule has 0 radical (unpaired) electrons. The first-order valence-electron chi connectivity index (χ1n) is 10.0. The molecule has 1 N–H and O–H groups in total. The van der Waals surface area contributed by atoms with Gasteiger partial charge in [-0.2, -0.15) is 0 Å². The van der Waals surface area contributed by atoms with Gasteiger partial charge < -0.3 is 14.4 Å². The van der Waals surface area contributed by atoms with E-state index in [-0.39, 0.29) is 18.5 Å². The van der Waals surface area contributed by atoms with Gasteiger partial charge in [0.25, 0.3) is 5.91 Å². The van der Waals surface area contributed by atoms with Crippen LogP contribution in [0.25, 0.3) is 0 Å². The fourth-order valence-electron chi connectivity index (χ4n) is 2.65. The van der Waals surface area contributed by atoms with Crippen molar-refractivity contribution in [1.82, 2.24) is 4.90 Å². The zero-order valence-electron chi connectivity index (χ0n) is 18.8. The van der Waals surface area contributed by atoms with Crippen molar-refractivity contribution in [3.63, 3.8) is 0 Å². The number of nitrogens with one attached hydrogen (secondary N) is 1. The van der Waals surface area contributed by atoms with Crippen LogP contribution in [-0.2, 0) is 19.1 Å². The van der Waals surface area contributed by atoms with Crippen molar-refractivity contribution >= 4 is 39.6 Å². The molecule has 1 aromatic rings. The highest BCUT2D eigenvalue weighted by Gasteiger charge is 2.32. The number of ether oxygens (including phenoxy) is 2. The van der Waals surface area contributed by atoms with Crippen molar-refractivity contribution in [1.29, 1.82) is 0 Å². The maximum absolute atomic E-state index is 13.2. The fraction of sp³-hybridized carbons (Fsp3) is 0.591. The number of anilines is 1. The molecule has 0 heterocycles. The van der Waals surface area contributed by atoms with Crippen molar-refractivity contribution in [3.05, 3.63) is 28.7 Å². The van der Waals surface area contributed by atoms with E-state index in [0.29, 0.717) is 12.1 Å². The van der Waals surface area contributed by atoms with Crippen LogP contribution in [-0.4, -0.2) is 47.2 Å². The molecule has 0 spiro atoms. The number of carbonyl (C=O) groups excluding carboxylic acids is 3. The Labute approximate surface area is 187 Å². The summed E-state index contributed by atoms with van der Waals surface area (Å²) in [4.78, 5) is 39.2. The summed E-state index contributed by atoms with van der Waals surface area (Å²) in [5, 5.41) is 2.62. The van der Waals surface area contributed by atoms with E-state index in [4.69, 9.17) is 9.47 Å². The third kappa shape index (κ3) is 9.61. The molecule has 1 atom stereocenters. The average molecular weight is 485 g/mol. The van der Waals surface area contributed by atoms with E-state index in [1.165, 1.54) is 4.90 Å². The highest BCUT2D eigenvalue weighted by Crippen LogP contribution is 2.18. The molecule has 0 aliphatic carbocycles. The van der Waals surface area contributed by atoms with Crippen LogP contribution in [0.1, 0.15) is 54.9 Å². The van der Waals surface area contributed by atoms with Crippen molar-refractivity contribution in [3.8, 4) is 0 Å². The Bertz CT molecular complexity index is 726. The van der Waals surface area contributed by atoms with Crippen LogP contribution < -0.4 is 5.32 Å². The summed E-state index contributed by atoms with van der Waals surface area (Å²) in [6.45, 7) is 12.6. The Morgan fingerprint density at radius 1 is 1.07 bits per heavy atom. The molecule has 0 saturated heterocycles. The second-order valence-corrected chi connectivity index (χ2v) is 9.72. The number of hydrogen-bond donors (Lipinski definition) is 1. The van der Waals surface area contributed by atoms with Gasteiger partial charge in [-0.1, -0.05) is 29.8 Å². The lowest BCUT2D eigenvalue weighted by Crippen LogP contribution is -2.48. The molecule has 8 heteroatoms. The fourth-order valence-corrected chi connectivity index (χ4v) is 2.91. The zero-order chi connectivity index (χ0) is 23.1. The van der Waals surface area contributed by atoms with Crippen LogP contribution in [0.3, 0.4) is 0 Å². The topological polar surface area (TPSA) is 84.9 Å². The number of rotatable bonds is 8. The monoisotopic (exact) mass is 484 g/mol. The molecule has 0 aliphatic rings. The standard InChI is InChI=1S/C22H33BrN2O5/c1-14(2)12-18(29-21(28)24-17-10-8-16(23)9-11-17)20(27)25(15(3)4)13-19(26)30-22(5,6)7/h8-11,14-15,18H,12-13H2,1-7H3,(H,24,28). The van der Waals surface area contributed by atoms with Gasteiger partial charge in [-0.05, 0) is 71.2 Å². The first-order chi connectivity index (χ1) is 13.8. The molecule has 0 aromatic heterocycles. The number of benzene rings is 1. The summed E-state index contributed by atoms with van der Waals surface area (Å²) in [7, 11) is 0. The van der Waals surface area contributed by atoms with Gasteiger partial charge in [0.2, 0.25) is 0 Å². The molecule has 1 unspecified atom stereocenters. The maximum atomic E-state index is 13.2. The highest BCUT2D eigenvalue weighted by atomic mass is 79.9. The largest absolute Gasteiger partial charge is 0.459 e. The van der Waals surface area contributed by atoms with Crippen LogP contribution in [0.2, 0.25) is 0 Å². The summed E-state index contributed by atoms with van der Waals surface area (Å²) < 4.78 is 11.7. The summed E-state index contributed by atoms with van der Waals surface area (Å²) >= 11 is 3.33. The smallest absolute Gasteiger partial charge is 0.412 e. The predicted octanol–water partition coefficient (Wildman–Crippen LogP) is 4.99. The van der Waals surface area contributed by atoms with Gasteiger partial charge >= 0.3 is 12.1 Å². The maximum Gasteiger partial charge on any atom is 0.412 e. The minimum Gasteiger partial charge on any atom is -0.459 e. The van der Waals surface area contributed by atoms with Crippen LogP contribution in [0.4, 0.5) is 10.5 Å². The first-order valence-corrected chi connectivity index (χ1v) is 10.8. The molecular weight excluding hydrogens is 452 g/mol. The number of hydrogen-bond acceptors (Lipinski definition) is 5. The van der Waals surface area contributed by atoms with E-state index in [9.17, 15) is 14.4 Å². The number of carbonyl (C=O) groups is 3. The molecular formula is C22H33BrN2O5. The summed E-state index contributed by atoms with van der Waals surface area (Å²) in [5.74, 6) is -0.822. The van der Waals surface area contributed by atoms with Crippen molar-refractivity contribution in [2.24, 2.45) is 5.92 Å². The lowest BCUT2D eigenvalue weighted by atomic mass is 10.0. The minimum absolute atomic E-state index is 0.106. The van der Waals surface area contributed by atoms with Crippen molar-refractivity contribution in [2.75, 3.05) is 11.9 Å². The molecule has 1 aromatic carbocycles. The number of esters is 1.